The van der Waals surface area contributed by atoms with Crippen LogP contribution >= 0.6 is 0 Å². The highest BCUT2D eigenvalue weighted by Crippen LogP contribution is 2.15. The van der Waals surface area contributed by atoms with Gasteiger partial charge in [-0.05, 0) is 5.92 Å². The fourth-order valence-electron chi connectivity index (χ4n) is 1.08. The zero-order valence-corrected chi connectivity index (χ0v) is 7.58. The minimum absolute atomic E-state index is 0.304. The maximum Gasteiger partial charge on any atom is 0.184 e. The molecular formula is C9H14N2O. The molecule has 0 aromatic carbocycles. The average Bonchev–Trinajstić information content (AvgIpc) is 2.48. The lowest BCUT2D eigenvalue weighted by Crippen LogP contribution is -2.13. The molecule has 1 aliphatic rings. The third-order valence-electron chi connectivity index (χ3n) is 1.95. The van der Waals surface area contributed by atoms with Crippen molar-refractivity contribution in [1.82, 2.24) is 0 Å². The predicted molar refractivity (Wildman–Crippen MR) is 46.9 cm³/mol. The summed E-state index contributed by atoms with van der Waals surface area (Å²) in [6, 6.07) is 2.38. The summed E-state index contributed by atoms with van der Waals surface area (Å²) >= 11 is 0. The van der Waals surface area contributed by atoms with Crippen molar-refractivity contribution < 1.29 is 4.74 Å². The van der Waals surface area contributed by atoms with E-state index >= 15 is 0 Å². The highest BCUT2D eigenvalue weighted by Gasteiger charge is 2.20. The quantitative estimate of drug-likeness (QED) is 0.641. The largest absolute Gasteiger partial charge is 0.479 e. The van der Waals surface area contributed by atoms with Gasteiger partial charge >= 0.3 is 0 Å². The minimum Gasteiger partial charge on any atom is -0.479 e. The average molecular weight is 166 g/mol. The zero-order valence-electron chi connectivity index (χ0n) is 7.58. The van der Waals surface area contributed by atoms with E-state index in [9.17, 15) is 0 Å². The van der Waals surface area contributed by atoms with Crippen LogP contribution in [0.3, 0.4) is 0 Å². The highest BCUT2D eigenvalue weighted by atomic mass is 16.5. The zero-order chi connectivity index (χ0) is 8.97. The summed E-state index contributed by atoms with van der Waals surface area (Å²) in [5.74, 6) is 1.29. The monoisotopic (exact) mass is 166 g/mol. The summed E-state index contributed by atoms with van der Waals surface area (Å²) in [7, 11) is 0. The summed E-state index contributed by atoms with van der Waals surface area (Å²) < 4.78 is 5.33. The first-order chi connectivity index (χ1) is 5.74. The van der Waals surface area contributed by atoms with Crippen LogP contribution in [0.2, 0.25) is 0 Å². The third kappa shape index (κ3) is 2.23. The Morgan fingerprint density at radius 2 is 2.50 bits per heavy atom. The number of nitrogens with zero attached hydrogens (tertiary/aromatic N) is 2. The minimum atomic E-state index is 0.304. The Labute approximate surface area is 73.1 Å². The summed E-state index contributed by atoms with van der Waals surface area (Å²) in [6.45, 7) is 4.95. The standard InChI is InChI=1S/C9H14N2O/c1-7(2)8-6-12-9(11-8)4-3-5-10/h7-8H,3-4,6H2,1-2H3/t8-/m1/s1. The summed E-state index contributed by atoms with van der Waals surface area (Å²) in [6.07, 6.45) is 1.17. The Morgan fingerprint density at radius 3 is 3.00 bits per heavy atom. The molecule has 0 aromatic heterocycles. The number of nitriles is 1. The molecule has 0 radical (unpaired) electrons. The summed E-state index contributed by atoms with van der Waals surface area (Å²) in [4.78, 5) is 4.37. The SMILES string of the molecule is CC(C)[C@H]1COC(CCC#N)=N1. The predicted octanol–water partition coefficient (Wildman–Crippen LogP) is 1.74. The molecular weight excluding hydrogens is 152 g/mol. The van der Waals surface area contributed by atoms with E-state index in [1.54, 1.807) is 0 Å². The van der Waals surface area contributed by atoms with E-state index in [1.165, 1.54) is 0 Å². The van der Waals surface area contributed by atoms with Gasteiger partial charge in [-0.1, -0.05) is 13.8 Å². The number of hydrogen-bond acceptors (Lipinski definition) is 3. The maximum atomic E-state index is 8.34. The molecule has 1 heterocycles. The van der Waals surface area contributed by atoms with Crippen LogP contribution in [0.15, 0.2) is 4.99 Å². The first-order valence-electron chi connectivity index (χ1n) is 4.30. The van der Waals surface area contributed by atoms with Crippen LogP contribution in [-0.4, -0.2) is 18.5 Å². The van der Waals surface area contributed by atoms with Crippen molar-refractivity contribution in [3.63, 3.8) is 0 Å². The van der Waals surface area contributed by atoms with Crippen molar-refractivity contribution in [1.29, 1.82) is 5.26 Å². The fourth-order valence-corrected chi connectivity index (χ4v) is 1.08. The molecule has 0 aliphatic carbocycles. The molecule has 1 rings (SSSR count). The Kier molecular flexibility index (Phi) is 3.09. The first-order valence-corrected chi connectivity index (χ1v) is 4.30. The van der Waals surface area contributed by atoms with E-state index in [1.807, 2.05) is 0 Å². The van der Waals surface area contributed by atoms with Crippen LogP contribution in [0.1, 0.15) is 26.7 Å². The van der Waals surface area contributed by atoms with Crippen molar-refractivity contribution in [2.45, 2.75) is 32.7 Å². The molecule has 0 aromatic rings. The van der Waals surface area contributed by atoms with E-state index in [0.717, 1.165) is 5.90 Å². The van der Waals surface area contributed by atoms with Gasteiger partial charge in [0.1, 0.15) is 6.61 Å². The van der Waals surface area contributed by atoms with Crippen LogP contribution in [-0.2, 0) is 4.74 Å². The second-order valence-electron chi connectivity index (χ2n) is 3.30. The molecule has 3 nitrogen and oxygen atoms in total. The van der Waals surface area contributed by atoms with Gasteiger partial charge in [0.25, 0.3) is 0 Å². The second-order valence-corrected chi connectivity index (χ2v) is 3.30. The molecule has 0 bridgehead atoms. The molecule has 66 valence electrons. The Hall–Kier alpha value is -1.04. The van der Waals surface area contributed by atoms with Gasteiger partial charge in [-0.25, -0.2) is 4.99 Å². The molecule has 0 saturated carbocycles. The van der Waals surface area contributed by atoms with Crippen molar-refractivity contribution in [2.24, 2.45) is 10.9 Å². The van der Waals surface area contributed by atoms with Gasteiger partial charge < -0.3 is 4.74 Å². The van der Waals surface area contributed by atoms with E-state index in [0.29, 0.717) is 31.4 Å². The normalized spacial score (nSPS) is 21.8. The topological polar surface area (TPSA) is 45.4 Å². The van der Waals surface area contributed by atoms with E-state index in [2.05, 4.69) is 24.9 Å². The molecule has 0 unspecified atom stereocenters. The molecule has 1 atom stereocenters. The van der Waals surface area contributed by atoms with Crippen LogP contribution in [0.4, 0.5) is 0 Å². The van der Waals surface area contributed by atoms with E-state index < -0.39 is 0 Å². The smallest absolute Gasteiger partial charge is 0.184 e. The maximum absolute atomic E-state index is 8.34. The Morgan fingerprint density at radius 1 is 1.75 bits per heavy atom. The Balaban J connectivity index is 2.38. The molecule has 0 saturated heterocycles. The van der Waals surface area contributed by atoms with Gasteiger partial charge in [0.15, 0.2) is 5.90 Å². The van der Waals surface area contributed by atoms with Gasteiger partial charge in [0, 0.05) is 12.8 Å². The van der Waals surface area contributed by atoms with E-state index in [4.69, 9.17) is 10.00 Å². The number of hydrogen-bond donors (Lipinski definition) is 0. The van der Waals surface area contributed by atoms with Crippen LogP contribution in [0, 0.1) is 17.2 Å². The molecule has 0 N–H and O–H groups in total. The summed E-state index contributed by atoms with van der Waals surface area (Å²) in [5, 5.41) is 8.34. The Bertz CT molecular complexity index is 215. The molecule has 12 heavy (non-hydrogen) atoms. The van der Waals surface area contributed by atoms with Crippen LogP contribution in [0.25, 0.3) is 0 Å². The first kappa shape index (κ1) is 9.05. The van der Waals surface area contributed by atoms with Crippen molar-refractivity contribution in [3.05, 3.63) is 0 Å². The van der Waals surface area contributed by atoms with Gasteiger partial charge in [0.2, 0.25) is 0 Å². The summed E-state index contributed by atoms with van der Waals surface area (Å²) in [5.41, 5.74) is 0. The molecule has 0 amide bonds. The van der Waals surface area contributed by atoms with E-state index in [-0.39, 0.29) is 0 Å². The molecule has 0 spiro atoms. The molecule has 3 heteroatoms. The number of rotatable bonds is 3. The molecule has 0 fully saturated rings. The van der Waals surface area contributed by atoms with Crippen molar-refractivity contribution >= 4 is 5.90 Å². The van der Waals surface area contributed by atoms with Crippen LogP contribution in [0.5, 0.6) is 0 Å². The lowest BCUT2D eigenvalue weighted by atomic mass is 10.1. The fraction of sp³-hybridized carbons (Fsp3) is 0.778. The van der Waals surface area contributed by atoms with Crippen LogP contribution < -0.4 is 0 Å². The third-order valence-corrected chi connectivity index (χ3v) is 1.95. The second kappa shape index (κ2) is 4.10. The van der Waals surface area contributed by atoms with Crippen molar-refractivity contribution in [3.8, 4) is 6.07 Å². The highest BCUT2D eigenvalue weighted by molar-refractivity contribution is 5.77. The molecule has 1 aliphatic heterocycles. The van der Waals surface area contributed by atoms with Gasteiger partial charge in [-0.2, -0.15) is 5.26 Å². The number of ether oxygens (including phenoxy) is 1. The number of aliphatic imine (C=N–C) groups is 1. The lowest BCUT2D eigenvalue weighted by Gasteiger charge is -2.06. The van der Waals surface area contributed by atoms with Gasteiger partial charge in [-0.15, -0.1) is 0 Å². The lowest BCUT2D eigenvalue weighted by molar-refractivity contribution is 0.286. The van der Waals surface area contributed by atoms with Gasteiger partial charge in [-0.3, -0.25) is 0 Å². The van der Waals surface area contributed by atoms with Gasteiger partial charge in [0.05, 0.1) is 12.1 Å². The van der Waals surface area contributed by atoms with Crippen molar-refractivity contribution in [2.75, 3.05) is 6.61 Å².